The Labute approximate surface area is 125 Å². The average Bonchev–Trinajstić information content (AvgIpc) is 3.27. The van der Waals surface area contributed by atoms with Crippen LogP contribution in [0.1, 0.15) is 35.7 Å². The summed E-state index contributed by atoms with van der Waals surface area (Å²) >= 11 is 0. The van der Waals surface area contributed by atoms with Crippen LogP contribution in [0.2, 0.25) is 0 Å². The Morgan fingerprint density at radius 1 is 1.38 bits per heavy atom. The molecule has 1 amide bonds. The maximum absolute atomic E-state index is 12.0. The third-order valence-corrected chi connectivity index (χ3v) is 3.95. The summed E-state index contributed by atoms with van der Waals surface area (Å²) < 4.78 is 0. The van der Waals surface area contributed by atoms with Gasteiger partial charge in [0, 0.05) is 12.6 Å². The molecule has 114 valence electrons. The third-order valence-electron chi connectivity index (χ3n) is 3.95. The number of hydrogen-bond donors (Lipinski definition) is 2. The molecule has 1 aromatic rings. The average molecular weight is 290 g/mol. The van der Waals surface area contributed by atoms with Crippen molar-refractivity contribution in [3.8, 4) is 0 Å². The van der Waals surface area contributed by atoms with Crippen molar-refractivity contribution >= 4 is 11.9 Å². The number of rotatable bonds is 7. The van der Waals surface area contributed by atoms with Crippen molar-refractivity contribution < 1.29 is 14.7 Å². The molecule has 0 bridgehead atoms. The van der Waals surface area contributed by atoms with Gasteiger partial charge in [0.1, 0.15) is 0 Å². The summed E-state index contributed by atoms with van der Waals surface area (Å²) in [5.74, 6) is -0.862. The van der Waals surface area contributed by atoms with Crippen LogP contribution in [-0.4, -0.2) is 47.6 Å². The molecule has 1 aliphatic rings. The number of carboxylic acids is 1. The van der Waals surface area contributed by atoms with E-state index in [1.807, 2.05) is 31.0 Å². The standard InChI is InChI=1S/C16H22N2O3/c1-11(15(19)17-13-7-8-13)18(2)10-9-12-5-3-4-6-14(12)16(20)21/h3-6,11,13H,7-10H2,1-2H3,(H,17,19)(H,20,21). The second-order valence-electron chi connectivity index (χ2n) is 5.65. The fourth-order valence-corrected chi connectivity index (χ4v) is 2.19. The minimum Gasteiger partial charge on any atom is -0.478 e. The molecule has 21 heavy (non-hydrogen) atoms. The maximum atomic E-state index is 12.0. The van der Waals surface area contributed by atoms with Crippen LogP contribution in [-0.2, 0) is 11.2 Å². The Bertz CT molecular complexity index is 526. The van der Waals surface area contributed by atoms with E-state index in [4.69, 9.17) is 5.11 Å². The zero-order chi connectivity index (χ0) is 15.4. The van der Waals surface area contributed by atoms with E-state index >= 15 is 0 Å². The largest absolute Gasteiger partial charge is 0.478 e. The SMILES string of the molecule is CC(C(=O)NC1CC1)N(C)CCc1ccccc1C(=O)O. The highest BCUT2D eigenvalue weighted by Crippen LogP contribution is 2.19. The van der Waals surface area contributed by atoms with Crippen LogP contribution in [0.5, 0.6) is 0 Å². The van der Waals surface area contributed by atoms with Crippen molar-refractivity contribution in [3.63, 3.8) is 0 Å². The number of amides is 1. The highest BCUT2D eigenvalue weighted by Gasteiger charge is 2.27. The van der Waals surface area contributed by atoms with Crippen LogP contribution < -0.4 is 5.32 Å². The molecule has 0 aromatic heterocycles. The van der Waals surface area contributed by atoms with Crippen LogP contribution in [0.15, 0.2) is 24.3 Å². The van der Waals surface area contributed by atoms with Gasteiger partial charge < -0.3 is 10.4 Å². The predicted molar refractivity (Wildman–Crippen MR) is 80.4 cm³/mol. The van der Waals surface area contributed by atoms with Crippen LogP contribution in [0.3, 0.4) is 0 Å². The number of benzene rings is 1. The van der Waals surface area contributed by atoms with E-state index in [9.17, 15) is 9.59 Å². The summed E-state index contributed by atoms with van der Waals surface area (Å²) in [5, 5.41) is 12.1. The van der Waals surface area contributed by atoms with Gasteiger partial charge >= 0.3 is 5.97 Å². The number of hydrogen-bond acceptors (Lipinski definition) is 3. The number of carbonyl (C=O) groups excluding carboxylic acids is 1. The van der Waals surface area contributed by atoms with Gasteiger partial charge in [0.25, 0.3) is 0 Å². The first-order valence-corrected chi connectivity index (χ1v) is 7.31. The number of carboxylic acid groups (broad SMARTS) is 1. The molecule has 0 saturated heterocycles. The molecule has 2 rings (SSSR count). The smallest absolute Gasteiger partial charge is 0.335 e. The third kappa shape index (κ3) is 4.29. The number of likely N-dealkylation sites (N-methyl/N-ethyl adjacent to an activating group) is 1. The van der Waals surface area contributed by atoms with Crippen LogP contribution >= 0.6 is 0 Å². The molecule has 1 unspecified atom stereocenters. The molecule has 1 atom stereocenters. The fourth-order valence-electron chi connectivity index (χ4n) is 2.19. The lowest BCUT2D eigenvalue weighted by Crippen LogP contribution is -2.44. The van der Waals surface area contributed by atoms with Crippen molar-refractivity contribution in [1.82, 2.24) is 10.2 Å². The minimum absolute atomic E-state index is 0.0477. The number of aromatic carboxylic acids is 1. The van der Waals surface area contributed by atoms with Crippen LogP contribution in [0.25, 0.3) is 0 Å². The van der Waals surface area contributed by atoms with Gasteiger partial charge in [-0.15, -0.1) is 0 Å². The van der Waals surface area contributed by atoms with Gasteiger partial charge in [-0.1, -0.05) is 18.2 Å². The summed E-state index contributed by atoms with van der Waals surface area (Å²) in [5.41, 5.74) is 1.13. The first-order valence-electron chi connectivity index (χ1n) is 7.31. The zero-order valence-corrected chi connectivity index (χ0v) is 12.5. The predicted octanol–water partition coefficient (Wildman–Crippen LogP) is 1.53. The first-order chi connectivity index (χ1) is 9.99. The van der Waals surface area contributed by atoms with Gasteiger partial charge in [-0.2, -0.15) is 0 Å². The Hall–Kier alpha value is -1.88. The van der Waals surface area contributed by atoms with E-state index in [0.717, 1.165) is 18.4 Å². The second-order valence-corrected chi connectivity index (χ2v) is 5.65. The minimum atomic E-state index is -0.909. The maximum Gasteiger partial charge on any atom is 0.335 e. The molecule has 5 nitrogen and oxygen atoms in total. The van der Waals surface area contributed by atoms with Crippen molar-refractivity contribution in [2.75, 3.05) is 13.6 Å². The molecule has 1 saturated carbocycles. The van der Waals surface area contributed by atoms with Gasteiger partial charge in [-0.3, -0.25) is 9.69 Å². The molecular formula is C16H22N2O3. The van der Waals surface area contributed by atoms with E-state index in [1.54, 1.807) is 12.1 Å². The normalized spacial score (nSPS) is 15.8. The lowest BCUT2D eigenvalue weighted by atomic mass is 10.0. The number of nitrogens with one attached hydrogen (secondary N) is 1. The Morgan fingerprint density at radius 3 is 2.67 bits per heavy atom. The highest BCUT2D eigenvalue weighted by atomic mass is 16.4. The Balaban J connectivity index is 1.89. The molecule has 5 heteroatoms. The molecule has 1 fully saturated rings. The number of carbonyl (C=O) groups is 2. The van der Waals surface area contributed by atoms with Gasteiger partial charge in [0.05, 0.1) is 11.6 Å². The lowest BCUT2D eigenvalue weighted by molar-refractivity contribution is -0.125. The molecular weight excluding hydrogens is 268 g/mol. The topological polar surface area (TPSA) is 69.6 Å². The molecule has 0 aliphatic heterocycles. The van der Waals surface area contributed by atoms with Gasteiger partial charge in [0.15, 0.2) is 0 Å². The van der Waals surface area contributed by atoms with E-state index in [0.29, 0.717) is 24.6 Å². The van der Waals surface area contributed by atoms with E-state index in [2.05, 4.69) is 5.32 Å². The number of nitrogens with zero attached hydrogens (tertiary/aromatic N) is 1. The van der Waals surface area contributed by atoms with Gasteiger partial charge in [-0.25, -0.2) is 4.79 Å². The van der Waals surface area contributed by atoms with Crippen LogP contribution in [0.4, 0.5) is 0 Å². The molecule has 1 aromatic carbocycles. The van der Waals surface area contributed by atoms with Gasteiger partial charge in [-0.05, 0) is 44.9 Å². The quantitative estimate of drug-likeness (QED) is 0.799. The first kappa shape index (κ1) is 15.5. The van der Waals surface area contributed by atoms with Crippen molar-refractivity contribution in [1.29, 1.82) is 0 Å². The van der Waals surface area contributed by atoms with E-state index in [1.165, 1.54) is 0 Å². The second kappa shape index (κ2) is 6.72. The van der Waals surface area contributed by atoms with E-state index in [-0.39, 0.29) is 11.9 Å². The molecule has 0 radical (unpaired) electrons. The zero-order valence-electron chi connectivity index (χ0n) is 12.5. The molecule has 0 spiro atoms. The van der Waals surface area contributed by atoms with Crippen LogP contribution in [0, 0.1) is 0 Å². The molecule has 0 heterocycles. The summed E-state index contributed by atoms with van der Waals surface area (Å²) in [7, 11) is 1.89. The van der Waals surface area contributed by atoms with E-state index < -0.39 is 5.97 Å². The van der Waals surface area contributed by atoms with Crippen molar-refractivity contribution in [2.45, 2.75) is 38.3 Å². The summed E-state index contributed by atoms with van der Waals surface area (Å²) in [6, 6.07) is 7.16. The van der Waals surface area contributed by atoms with Crippen molar-refractivity contribution in [2.24, 2.45) is 0 Å². The molecule has 2 N–H and O–H groups in total. The molecule has 1 aliphatic carbocycles. The van der Waals surface area contributed by atoms with Crippen molar-refractivity contribution in [3.05, 3.63) is 35.4 Å². The summed E-state index contributed by atoms with van der Waals surface area (Å²) in [4.78, 5) is 25.1. The Morgan fingerprint density at radius 2 is 2.05 bits per heavy atom. The Kier molecular flexibility index (Phi) is 4.96. The fraction of sp³-hybridized carbons (Fsp3) is 0.500. The summed E-state index contributed by atoms with van der Waals surface area (Å²) in [6.45, 7) is 2.52. The monoisotopic (exact) mass is 290 g/mol. The lowest BCUT2D eigenvalue weighted by Gasteiger charge is -2.24. The highest BCUT2D eigenvalue weighted by molar-refractivity contribution is 5.89. The summed E-state index contributed by atoms with van der Waals surface area (Å²) in [6.07, 6.45) is 2.77. The van der Waals surface area contributed by atoms with Gasteiger partial charge in [0.2, 0.25) is 5.91 Å².